The van der Waals surface area contributed by atoms with Crippen molar-refractivity contribution < 1.29 is 9.53 Å². The number of hydrazone groups is 1. The van der Waals surface area contributed by atoms with E-state index in [1.807, 2.05) is 37.4 Å². The third-order valence-corrected chi connectivity index (χ3v) is 4.81. The van der Waals surface area contributed by atoms with Crippen LogP contribution >= 0.6 is 43.2 Å². The summed E-state index contributed by atoms with van der Waals surface area (Å²) in [6.07, 6.45) is 1.64. The van der Waals surface area contributed by atoms with Crippen LogP contribution in [0.15, 0.2) is 37.6 Å². The largest absolute Gasteiger partial charge is 0.482 e. The molecule has 0 bridgehead atoms. The number of carbonyl (C=O) groups excluding carboxylic acids is 1. The molecule has 0 atom stereocenters. The standard InChI is InChI=1S/C15H14Br2N2O2S/c1-9-3-4-22-13(9)7-18-19-14(20)8-21-15-10(2)5-11(16)6-12(15)17/h3-7H,8H2,1-2H3,(H,19,20). The summed E-state index contributed by atoms with van der Waals surface area (Å²) >= 11 is 8.40. The van der Waals surface area contributed by atoms with Crippen LogP contribution in [-0.2, 0) is 4.79 Å². The van der Waals surface area contributed by atoms with Crippen LogP contribution in [0.1, 0.15) is 16.0 Å². The summed E-state index contributed by atoms with van der Waals surface area (Å²) < 4.78 is 7.29. The summed E-state index contributed by atoms with van der Waals surface area (Å²) in [6, 6.07) is 5.80. The predicted octanol–water partition coefficient (Wildman–Crippen LogP) is 4.42. The summed E-state index contributed by atoms with van der Waals surface area (Å²) in [6.45, 7) is 3.82. The zero-order valence-corrected chi connectivity index (χ0v) is 16.0. The lowest BCUT2D eigenvalue weighted by Crippen LogP contribution is -2.24. The van der Waals surface area contributed by atoms with E-state index in [0.717, 1.165) is 24.9 Å². The van der Waals surface area contributed by atoms with Crippen molar-refractivity contribution in [1.29, 1.82) is 0 Å². The van der Waals surface area contributed by atoms with Gasteiger partial charge < -0.3 is 4.74 Å². The molecule has 4 nitrogen and oxygen atoms in total. The highest BCUT2D eigenvalue weighted by molar-refractivity contribution is 9.11. The molecule has 0 aliphatic carbocycles. The van der Waals surface area contributed by atoms with Gasteiger partial charge in [-0.1, -0.05) is 15.9 Å². The van der Waals surface area contributed by atoms with Gasteiger partial charge in [-0.3, -0.25) is 4.79 Å². The molecule has 0 spiro atoms. The van der Waals surface area contributed by atoms with E-state index in [2.05, 4.69) is 42.4 Å². The number of hydrogen-bond donors (Lipinski definition) is 1. The fourth-order valence-corrected chi connectivity index (χ4v) is 4.06. The Hall–Kier alpha value is -1.18. The Kier molecular flexibility index (Phi) is 6.16. The van der Waals surface area contributed by atoms with Crippen molar-refractivity contribution in [1.82, 2.24) is 5.43 Å². The van der Waals surface area contributed by atoms with E-state index in [4.69, 9.17) is 4.74 Å². The van der Waals surface area contributed by atoms with Crippen molar-refractivity contribution in [2.75, 3.05) is 6.61 Å². The first kappa shape index (κ1) is 17.2. The first-order valence-corrected chi connectivity index (χ1v) is 8.88. The molecule has 0 aliphatic heterocycles. The second-order valence-electron chi connectivity index (χ2n) is 4.58. The lowest BCUT2D eigenvalue weighted by atomic mass is 10.2. The van der Waals surface area contributed by atoms with E-state index in [1.165, 1.54) is 0 Å². The molecule has 0 fully saturated rings. The molecule has 0 unspecified atom stereocenters. The second-order valence-corrected chi connectivity index (χ2v) is 7.30. The smallest absolute Gasteiger partial charge is 0.277 e. The molecule has 0 aliphatic rings. The number of carbonyl (C=O) groups is 1. The van der Waals surface area contributed by atoms with Crippen LogP contribution in [0.3, 0.4) is 0 Å². The van der Waals surface area contributed by atoms with E-state index in [-0.39, 0.29) is 12.5 Å². The van der Waals surface area contributed by atoms with E-state index in [9.17, 15) is 4.79 Å². The number of benzene rings is 1. The Bertz CT molecular complexity index is 690. The van der Waals surface area contributed by atoms with Crippen molar-refractivity contribution in [3.05, 3.63) is 48.5 Å². The number of aryl methyl sites for hydroxylation is 2. The van der Waals surface area contributed by atoms with Crippen molar-refractivity contribution >= 4 is 55.3 Å². The van der Waals surface area contributed by atoms with E-state index in [0.29, 0.717) is 5.75 Å². The Morgan fingerprint density at radius 1 is 1.36 bits per heavy atom. The topological polar surface area (TPSA) is 50.7 Å². The van der Waals surface area contributed by atoms with E-state index in [1.54, 1.807) is 17.6 Å². The van der Waals surface area contributed by atoms with E-state index < -0.39 is 0 Å². The number of nitrogens with zero attached hydrogens (tertiary/aromatic N) is 1. The van der Waals surface area contributed by atoms with Crippen molar-refractivity contribution in [2.24, 2.45) is 5.10 Å². The van der Waals surface area contributed by atoms with Gasteiger partial charge in [-0.2, -0.15) is 5.10 Å². The Balaban J connectivity index is 1.88. The Morgan fingerprint density at radius 2 is 2.14 bits per heavy atom. The molecule has 22 heavy (non-hydrogen) atoms. The molecule has 0 saturated heterocycles. The molecule has 1 N–H and O–H groups in total. The fraction of sp³-hybridized carbons (Fsp3) is 0.200. The highest BCUT2D eigenvalue weighted by atomic mass is 79.9. The molecule has 1 aromatic carbocycles. The van der Waals surface area contributed by atoms with Crippen molar-refractivity contribution in [2.45, 2.75) is 13.8 Å². The third kappa shape index (κ3) is 4.66. The molecule has 7 heteroatoms. The van der Waals surface area contributed by atoms with Gasteiger partial charge in [-0.25, -0.2) is 5.43 Å². The van der Waals surface area contributed by atoms with Crippen LogP contribution in [0.25, 0.3) is 0 Å². The summed E-state index contributed by atoms with van der Waals surface area (Å²) in [4.78, 5) is 12.8. The zero-order valence-electron chi connectivity index (χ0n) is 12.0. The van der Waals surface area contributed by atoms with Gasteiger partial charge >= 0.3 is 0 Å². The lowest BCUT2D eigenvalue weighted by molar-refractivity contribution is -0.123. The number of hydrogen-bond acceptors (Lipinski definition) is 4. The van der Waals surface area contributed by atoms with Gasteiger partial charge in [-0.05, 0) is 64.5 Å². The fourth-order valence-electron chi connectivity index (χ4n) is 1.72. The lowest BCUT2D eigenvalue weighted by Gasteiger charge is -2.10. The van der Waals surface area contributed by atoms with Crippen LogP contribution in [-0.4, -0.2) is 18.7 Å². The van der Waals surface area contributed by atoms with Gasteiger partial charge in [0.05, 0.1) is 10.7 Å². The number of amides is 1. The quantitative estimate of drug-likeness (QED) is 0.547. The van der Waals surface area contributed by atoms with Crippen molar-refractivity contribution in [3.8, 4) is 5.75 Å². The minimum absolute atomic E-state index is 0.0954. The Labute approximate surface area is 149 Å². The number of nitrogens with one attached hydrogen (secondary N) is 1. The molecule has 1 heterocycles. The summed E-state index contributed by atoms with van der Waals surface area (Å²) in [5.74, 6) is 0.344. The summed E-state index contributed by atoms with van der Waals surface area (Å²) in [5, 5.41) is 5.91. The average molecular weight is 446 g/mol. The number of halogens is 2. The number of thiophene rings is 1. The van der Waals surface area contributed by atoms with Gasteiger partial charge in [0, 0.05) is 9.35 Å². The second kappa shape index (κ2) is 7.89. The molecule has 0 radical (unpaired) electrons. The SMILES string of the molecule is Cc1ccsc1C=NNC(=O)COc1c(C)cc(Br)cc1Br. The van der Waals surface area contributed by atoms with Crippen LogP contribution in [0.2, 0.25) is 0 Å². The van der Waals surface area contributed by atoms with Gasteiger partial charge in [-0.15, -0.1) is 11.3 Å². The van der Waals surface area contributed by atoms with Crippen LogP contribution in [0.4, 0.5) is 0 Å². The highest BCUT2D eigenvalue weighted by Crippen LogP contribution is 2.32. The molecule has 116 valence electrons. The minimum Gasteiger partial charge on any atom is -0.482 e. The first-order chi connectivity index (χ1) is 10.5. The minimum atomic E-state index is -0.306. The third-order valence-electron chi connectivity index (χ3n) is 2.81. The maximum atomic E-state index is 11.7. The van der Waals surface area contributed by atoms with Gasteiger partial charge in [0.15, 0.2) is 6.61 Å². The van der Waals surface area contributed by atoms with Gasteiger partial charge in [0.2, 0.25) is 0 Å². The first-order valence-electron chi connectivity index (χ1n) is 6.42. The van der Waals surface area contributed by atoms with E-state index >= 15 is 0 Å². The zero-order chi connectivity index (χ0) is 16.1. The maximum Gasteiger partial charge on any atom is 0.277 e. The van der Waals surface area contributed by atoms with Crippen LogP contribution in [0.5, 0.6) is 5.75 Å². The maximum absolute atomic E-state index is 11.7. The Morgan fingerprint density at radius 3 is 2.77 bits per heavy atom. The molecule has 2 aromatic rings. The molecular weight excluding hydrogens is 432 g/mol. The molecular formula is C15H14Br2N2O2S. The molecule has 2 rings (SSSR count). The van der Waals surface area contributed by atoms with Gasteiger partial charge in [0.1, 0.15) is 5.75 Å². The summed E-state index contributed by atoms with van der Waals surface area (Å²) in [7, 11) is 0. The predicted molar refractivity (Wildman–Crippen MR) is 96.9 cm³/mol. The van der Waals surface area contributed by atoms with Crippen molar-refractivity contribution in [3.63, 3.8) is 0 Å². The molecule has 1 amide bonds. The average Bonchev–Trinajstić information content (AvgIpc) is 2.83. The number of ether oxygens (including phenoxy) is 1. The summed E-state index contributed by atoms with van der Waals surface area (Å²) in [5.41, 5.74) is 4.53. The van der Waals surface area contributed by atoms with Gasteiger partial charge in [0.25, 0.3) is 5.91 Å². The highest BCUT2D eigenvalue weighted by Gasteiger charge is 2.09. The van der Waals surface area contributed by atoms with Crippen LogP contribution in [0, 0.1) is 13.8 Å². The number of rotatable bonds is 5. The van der Waals surface area contributed by atoms with Crippen LogP contribution < -0.4 is 10.2 Å². The molecule has 1 aromatic heterocycles. The monoisotopic (exact) mass is 444 g/mol. The molecule has 0 saturated carbocycles. The normalized spacial score (nSPS) is 10.9.